The van der Waals surface area contributed by atoms with Crippen molar-refractivity contribution in [2.75, 3.05) is 65.8 Å². The Hall–Kier alpha value is -1.19. The van der Waals surface area contributed by atoms with Crippen LogP contribution in [0.5, 0.6) is 0 Å². The van der Waals surface area contributed by atoms with Crippen LogP contribution in [0.4, 0.5) is 0 Å². The molecule has 35 heavy (non-hydrogen) atoms. The first-order valence-electron chi connectivity index (χ1n) is 13.8. The number of amides is 1. The summed E-state index contributed by atoms with van der Waals surface area (Å²) in [6.07, 6.45) is 8.44. The fraction of sp³-hybridized carbons (Fsp3) is 0.889. The zero-order valence-corrected chi connectivity index (χ0v) is 22.2. The number of piperidine rings is 2. The van der Waals surface area contributed by atoms with Gasteiger partial charge in [-0.2, -0.15) is 0 Å². The van der Waals surface area contributed by atoms with Crippen LogP contribution in [0.1, 0.15) is 59.3 Å². The summed E-state index contributed by atoms with van der Waals surface area (Å²) < 4.78 is 23.2. The van der Waals surface area contributed by atoms with Gasteiger partial charge in [-0.1, -0.05) is 20.3 Å². The molecule has 3 heterocycles. The summed E-state index contributed by atoms with van der Waals surface area (Å²) in [6, 6.07) is 0.610. The molecule has 3 aliphatic heterocycles. The monoisotopic (exact) mass is 496 g/mol. The molecule has 0 aromatic rings. The van der Waals surface area contributed by atoms with Gasteiger partial charge in [0.05, 0.1) is 26.4 Å². The molecule has 1 amide bonds. The molecular weight excluding hydrogens is 448 g/mol. The van der Waals surface area contributed by atoms with Gasteiger partial charge in [0.1, 0.15) is 0 Å². The Labute approximate surface area is 211 Å². The average molecular weight is 497 g/mol. The quantitative estimate of drug-likeness (QED) is 0.393. The third-order valence-electron chi connectivity index (χ3n) is 7.60. The molecule has 0 unspecified atom stereocenters. The molecule has 0 aromatic heterocycles. The van der Waals surface area contributed by atoms with Gasteiger partial charge in [-0.3, -0.25) is 4.79 Å². The number of carbonyl (C=O) groups excluding carboxylic acids is 1. The summed E-state index contributed by atoms with van der Waals surface area (Å²) in [4.78, 5) is 18.1. The smallest absolute Gasteiger partial charge is 0.288 e. The van der Waals surface area contributed by atoms with Crippen molar-refractivity contribution in [2.24, 2.45) is 17.8 Å². The normalized spacial score (nSPS) is 26.6. The highest BCUT2D eigenvalue weighted by atomic mass is 16.7. The Balaban J connectivity index is 1.56. The summed E-state index contributed by atoms with van der Waals surface area (Å²) in [5.74, 6) is 1.11. The van der Waals surface area contributed by atoms with E-state index >= 15 is 0 Å². The number of likely N-dealkylation sites (tertiary alicyclic amines) is 2. The Bertz CT molecular complexity index is 644. The summed E-state index contributed by atoms with van der Waals surface area (Å²) in [5, 5.41) is 8.78. The maximum atomic E-state index is 13.5. The zero-order chi connectivity index (χ0) is 25.0. The molecule has 8 heteroatoms. The minimum atomic E-state index is -0.448. The van der Waals surface area contributed by atoms with Crippen LogP contribution in [0.2, 0.25) is 0 Å². The van der Waals surface area contributed by atoms with Crippen molar-refractivity contribution in [3.63, 3.8) is 0 Å². The number of carbonyl (C=O) groups is 1. The lowest BCUT2D eigenvalue weighted by Crippen LogP contribution is -2.49. The molecule has 0 aliphatic carbocycles. The van der Waals surface area contributed by atoms with Crippen LogP contribution in [0.25, 0.3) is 0 Å². The van der Waals surface area contributed by atoms with Crippen LogP contribution in [-0.4, -0.2) is 99.0 Å². The van der Waals surface area contributed by atoms with Gasteiger partial charge >= 0.3 is 0 Å². The standard InChI is InChI=1S/C27H48N2O6/c1-4-34-27-23(10-16-32-18-19-33-17-15-30)24(21(2)3)20-25(35-27)26(31)29-13-8-22(9-14-29)28-11-6-5-7-12-28/h20-24,27,30H,4-19H2,1-3H3/t23-,24+,27+/m0/s1. The number of rotatable bonds is 13. The van der Waals surface area contributed by atoms with Crippen LogP contribution in [0, 0.1) is 17.8 Å². The predicted octanol–water partition coefficient (Wildman–Crippen LogP) is 3.04. The Morgan fingerprint density at radius 1 is 1.06 bits per heavy atom. The van der Waals surface area contributed by atoms with Gasteiger partial charge in [0.2, 0.25) is 6.29 Å². The van der Waals surface area contributed by atoms with E-state index in [2.05, 4.69) is 18.7 Å². The molecule has 2 saturated heterocycles. The minimum Gasteiger partial charge on any atom is -0.459 e. The molecule has 0 radical (unpaired) electrons. The maximum Gasteiger partial charge on any atom is 0.288 e. The third kappa shape index (κ3) is 8.42. The van der Waals surface area contributed by atoms with Gasteiger partial charge in [-0.05, 0) is 70.0 Å². The minimum absolute atomic E-state index is 0.00757. The molecule has 2 fully saturated rings. The second-order valence-electron chi connectivity index (χ2n) is 10.3. The van der Waals surface area contributed by atoms with Crippen molar-refractivity contribution in [2.45, 2.75) is 71.6 Å². The van der Waals surface area contributed by atoms with Gasteiger partial charge in [-0.15, -0.1) is 0 Å². The van der Waals surface area contributed by atoms with Crippen molar-refractivity contribution in [3.05, 3.63) is 11.8 Å². The number of nitrogens with zero attached hydrogens (tertiary/aromatic N) is 2. The number of aliphatic hydroxyl groups is 1. The largest absolute Gasteiger partial charge is 0.459 e. The second-order valence-corrected chi connectivity index (χ2v) is 10.3. The first-order chi connectivity index (χ1) is 17.0. The highest BCUT2D eigenvalue weighted by molar-refractivity contribution is 5.91. The molecule has 8 nitrogen and oxygen atoms in total. The number of allylic oxidation sites excluding steroid dienone is 1. The summed E-state index contributed by atoms with van der Waals surface area (Å²) in [6.45, 7) is 12.8. The van der Waals surface area contributed by atoms with E-state index in [1.54, 1.807) is 0 Å². The van der Waals surface area contributed by atoms with Gasteiger partial charge in [0.15, 0.2) is 5.76 Å². The van der Waals surface area contributed by atoms with Gasteiger partial charge in [0.25, 0.3) is 5.91 Å². The van der Waals surface area contributed by atoms with Gasteiger partial charge < -0.3 is 33.9 Å². The fourth-order valence-electron chi connectivity index (χ4n) is 5.67. The van der Waals surface area contributed by atoms with E-state index in [0.717, 1.165) is 32.4 Å². The van der Waals surface area contributed by atoms with Crippen molar-refractivity contribution in [3.8, 4) is 0 Å². The number of ether oxygens (including phenoxy) is 4. The number of hydrogen-bond donors (Lipinski definition) is 1. The lowest BCUT2D eigenvalue weighted by Gasteiger charge is -2.42. The Morgan fingerprint density at radius 3 is 2.37 bits per heavy atom. The van der Waals surface area contributed by atoms with Crippen LogP contribution >= 0.6 is 0 Å². The maximum absolute atomic E-state index is 13.5. The van der Waals surface area contributed by atoms with Crippen molar-refractivity contribution in [1.82, 2.24) is 9.80 Å². The molecule has 1 N–H and O–H groups in total. The van der Waals surface area contributed by atoms with E-state index in [0.29, 0.717) is 50.8 Å². The van der Waals surface area contributed by atoms with Crippen molar-refractivity contribution >= 4 is 5.91 Å². The zero-order valence-electron chi connectivity index (χ0n) is 22.2. The van der Waals surface area contributed by atoms with E-state index in [4.69, 9.17) is 24.1 Å². The van der Waals surface area contributed by atoms with E-state index < -0.39 is 6.29 Å². The van der Waals surface area contributed by atoms with E-state index in [1.165, 1.54) is 32.4 Å². The van der Waals surface area contributed by atoms with Crippen LogP contribution in [0.15, 0.2) is 11.8 Å². The van der Waals surface area contributed by atoms with Crippen LogP contribution in [0.3, 0.4) is 0 Å². The predicted molar refractivity (Wildman–Crippen MR) is 135 cm³/mol. The van der Waals surface area contributed by atoms with Crippen LogP contribution in [-0.2, 0) is 23.7 Å². The van der Waals surface area contributed by atoms with Crippen LogP contribution < -0.4 is 0 Å². The molecule has 3 aliphatic rings. The first kappa shape index (κ1) is 28.4. The molecular formula is C27H48N2O6. The van der Waals surface area contributed by atoms with Gasteiger partial charge in [0, 0.05) is 38.3 Å². The summed E-state index contributed by atoms with van der Waals surface area (Å²) in [7, 11) is 0. The van der Waals surface area contributed by atoms with E-state index in [-0.39, 0.29) is 24.3 Å². The van der Waals surface area contributed by atoms with Gasteiger partial charge in [-0.25, -0.2) is 0 Å². The lowest BCUT2D eigenvalue weighted by atomic mass is 9.79. The summed E-state index contributed by atoms with van der Waals surface area (Å²) in [5.41, 5.74) is 0. The Morgan fingerprint density at radius 2 is 1.74 bits per heavy atom. The molecule has 0 spiro atoms. The molecule has 0 aromatic carbocycles. The van der Waals surface area contributed by atoms with Crippen molar-refractivity contribution in [1.29, 1.82) is 0 Å². The molecule has 3 atom stereocenters. The highest BCUT2D eigenvalue weighted by Gasteiger charge is 2.40. The highest BCUT2D eigenvalue weighted by Crippen LogP contribution is 2.37. The lowest BCUT2D eigenvalue weighted by molar-refractivity contribution is -0.180. The first-order valence-corrected chi connectivity index (χ1v) is 13.8. The van der Waals surface area contributed by atoms with E-state index in [9.17, 15) is 4.79 Å². The van der Waals surface area contributed by atoms with Crippen molar-refractivity contribution < 1.29 is 28.8 Å². The topological polar surface area (TPSA) is 80.7 Å². The second kappa shape index (κ2) is 15.2. The molecule has 202 valence electrons. The molecule has 3 rings (SSSR count). The number of aliphatic hydroxyl groups excluding tert-OH is 1. The SMILES string of the molecule is CCO[C@@H]1OC(C(=O)N2CCC(N3CCCCC3)CC2)=C[C@H](C(C)C)[C@@H]1CCOCCOCCO. The Kier molecular flexibility index (Phi) is 12.3. The molecule has 0 saturated carbocycles. The molecule has 0 bridgehead atoms. The number of hydrogen-bond acceptors (Lipinski definition) is 7. The summed E-state index contributed by atoms with van der Waals surface area (Å²) >= 11 is 0. The van der Waals surface area contributed by atoms with E-state index in [1.807, 2.05) is 17.9 Å². The third-order valence-corrected chi connectivity index (χ3v) is 7.60. The average Bonchev–Trinajstić information content (AvgIpc) is 2.88. The fourth-order valence-corrected chi connectivity index (χ4v) is 5.67.